The third kappa shape index (κ3) is 4.13. The highest BCUT2D eigenvalue weighted by Gasteiger charge is 2.15. The van der Waals surface area contributed by atoms with Crippen LogP contribution in [0.1, 0.15) is 5.56 Å². The van der Waals surface area contributed by atoms with Crippen LogP contribution in [0.2, 0.25) is 0 Å². The number of phenolic OH excluding ortho intramolecular Hbond substituents is 1. The minimum Gasteiger partial charge on any atom is -0.504 e. The van der Waals surface area contributed by atoms with Crippen molar-refractivity contribution in [2.45, 2.75) is 12.5 Å². The van der Waals surface area contributed by atoms with Crippen molar-refractivity contribution in [2.24, 2.45) is 5.73 Å². The normalized spacial score (nSPS) is 11.2. The molecule has 0 aliphatic heterocycles. The second-order valence-corrected chi connectivity index (χ2v) is 3.34. The molecule has 6 heteroatoms. The molecule has 0 radical (unpaired) electrons. The molecule has 1 unspecified atom stereocenters. The van der Waals surface area contributed by atoms with E-state index in [-0.39, 0.29) is 18.2 Å². The van der Waals surface area contributed by atoms with Gasteiger partial charge in [0.15, 0.2) is 11.5 Å². The number of hydrogen-bond donors (Lipinski definition) is 2. The lowest BCUT2D eigenvalue weighted by Crippen LogP contribution is -2.33. The van der Waals surface area contributed by atoms with E-state index in [1.807, 2.05) is 0 Å². The summed E-state index contributed by atoms with van der Waals surface area (Å²) in [5.74, 6) is -0.0560. The standard InChI is InChI=1S/C11H15NO4.ClH/c1-15-10-6-7(3-4-9(10)13)5-8(12)11(14)16-2;/h3-4,6,8,13H,5,12H2,1-2H3;1H. The quantitative estimate of drug-likeness (QED) is 0.786. The molecule has 1 atom stereocenters. The van der Waals surface area contributed by atoms with E-state index in [1.165, 1.54) is 20.3 Å². The van der Waals surface area contributed by atoms with Crippen molar-refractivity contribution in [3.63, 3.8) is 0 Å². The Morgan fingerprint density at radius 1 is 1.47 bits per heavy atom. The molecular formula is C11H16ClNO4. The molecule has 0 heterocycles. The van der Waals surface area contributed by atoms with E-state index >= 15 is 0 Å². The van der Waals surface area contributed by atoms with Gasteiger partial charge in [0.2, 0.25) is 0 Å². The van der Waals surface area contributed by atoms with Gasteiger partial charge in [0.25, 0.3) is 0 Å². The Morgan fingerprint density at radius 2 is 2.12 bits per heavy atom. The lowest BCUT2D eigenvalue weighted by Gasteiger charge is -2.10. The molecule has 0 saturated heterocycles. The lowest BCUT2D eigenvalue weighted by atomic mass is 10.1. The molecular weight excluding hydrogens is 246 g/mol. The Kier molecular flexibility index (Phi) is 6.38. The van der Waals surface area contributed by atoms with Crippen LogP contribution in [0.15, 0.2) is 18.2 Å². The first-order chi connectivity index (χ1) is 7.58. The van der Waals surface area contributed by atoms with E-state index in [9.17, 15) is 9.90 Å². The van der Waals surface area contributed by atoms with Gasteiger partial charge in [-0.1, -0.05) is 6.07 Å². The van der Waals surface area contributed by atoms with Crippen molar-refractivity contribution in [1.29, 1.82) is 0 Å². The average molecular weight is 262 g/mol. The Balaban J connectivity index is 0.00000256. The van der Waals surface area contributed by atoms with Crippen molar-refractivity contribution in [3.05, 3.63) is 23.8 Å². The Hall–Kier alpha value is -1.46. The molecule has 1 aromatic carbocycles. The number of methoxy groups -OCH3 is 2. The second-order valence-electron chi connectivity index (χ2n) is 3.34. The highest BCUT2D eigenvalue weighted by atomic mass is 35.5. The van der Waals surface area contributed by atoms with Crippen molar-refractivity contribution < 1.29 is 19.4 Å². The smallest absolute Gasteiger partial charge is 0.322 e. The van der Waals surface area contributed by atoms with Gasteiger partial charge in [0.05, 0.1) is 14.2 Å². The lowest BCUT2D eigenvalue weighted by molar-refractivity contribution is -0.142. The van der Waals surface area contributed by atoms with E-state index in [2.05, 4.69) is 4.74 Å². The summed E-state index contributed by atoms with van der Waals surface area (Å²) in [4.78, 5) is 11.1. The molecule has 17 heavy (non-hydrogen) atoms. The molecule has 0 amide bonds. The number of carbonyl (C=O) groups is 1. The van der Waals surface area contributed by atoms with E-state index in [4.69, 9.17) is 10.5 Å². The van der Waals surface area contributed by atoms with Gasteiger partial charge < -0.3 is 20.3 Å². The Bertz CT molecular complexity index is 384. The molecule has 0 saturated carbocycles. The summed E-state index contributed by atoms with van der Waals surface area (Å²) < 4.78 is 9.47. The number of phenols is 1. The van der Waals surface area contributed by atoms with Crippen LogP contribution in [0.25, 0.3) is 0 Å². The maximum absolute atomic E-state index is 11.1. The number of halogens is 1. The number of hydrogen-bond acceptors (Lipinski definition) is 5. The van der Waals surface area contributed by atoms with Gasteiger partial charge >= 0.3 is 5.97 Å². The molecule has 0 spiro atoms. The maximum atomic E-state index is 11.1. The predicted octanol–water partition coefficient (Wildman–Crippen LogP) is 0.865. The minimum absolute atomic E-state index is 0. The first-order valence-corrected chi connectivity index (χ1v) is 4.77. The third-order valence-electron chi connectivity index (χ3n) is 2.20. The molecule has 0 fully saturated rings. The molecule has 1 rings (SSSR count). The maximum Gasteiger partial charge on any atom is 0.322 e. The van der Waals surface area contributed by atoms with Crippen molar-refractivity contribution in [3.8, 4) is 11.5 Å². The van der Waals surface area contributed by atoms with Gasteiger partial charge in [-0.2, -0.15) is 0 Å². The van der Waals surface area contributed by atoms with Crippen molar-refractivity contribution >= 4 is 18.4 Å². The molecule has 96 valence electrons. The summed E-state index contributed by atoms with van der Waals surface area (Å²) >= 11 is 0. The molecule has 0 aliphatic rings. The van der Waals surface area contributed by atoms with Gasteiger partial charge in [-0.05, 0) is 24.1 Å². The molecule has 0 aliphatic carbocycles. The van der Waals surface area contributed by atoms with E-state index in [0.29, 0.717) is 12.2 Å². The van der Waals surface area contributed by atoms with Crippen LogP contribution in [-0.2, 0) is 16.0 Å². The highest BCUT2D eigenvalue weighted by molar-refractivity contribution is 5.85. The van der Waals surface area contributed by atoms with Crippen LogP contribution >= 0.6 is 12.4 Å². The van der Waals surface area contributed by atoms with Crippen molar-refractivity contribution in [2.75, 3.05) is 14.2 Å². The number of rotatable bonds is 4. The van der Waals surface area contributed by atoms with Gasteiger partial charge in [-0.15, -0.1) is 12.4 Å². The van der Waals surface area contributed by atoms with E-state index in [1.54, 1.807) is 12.1 Å². The highest BCUT2D eigenvalue weighted by Crippen LogP contribution is 2.26. The third-order valence-corrected chi connectivity index (χ3v) is 2.20. The van der Waals surface area contributed by atoms with Crippen LogP contribution in [0.4, 0.5) is 0 Å². The first-order valence-electron chi connectivity index (χ1n) is 4.77. The van der Waals surface area contributed by atoms with Gasteiger partial charge in [-0.3, -0.25) is 4.79 Å². The summed E-state index contributed by atoms with van der Waals surface area (Å²) in [6.07, 6.45) is 0.337. The number of ether oxygens (including phenoxy) is 2. The zero-order valence-corrected chi connectivity index (χ0v) is 10.5. The fraction of sp³-hybridized carbons (Fsp3) is 0.364. The summed E-state index contributed by atoms with van der Waals surface area (Å²) in [6.45, 7) is 0. The average Bonchev–Trinajstić information content (AvgIpc) is 2.30. The SMILES string of the molecule is COC(=O)C(N)Cc1ccc(O)c(OC)c1.Cl. The first kappa shape index (κ1) is 15.5. The fourth-order valence-electron chi connectivity index (χ4n) is 1.34. The summed E-state index contributed by atoms with van der Waals surface area (Å²) in [5, 5.41) is 9.38. The van der Waals surface area contributed by atoms with Crippen LogP contribution in [-0.4, -0.2) is 31.3 Å². The zero-order valence-electron chi connectivity index (χ0n) is 9.67. The number of nitrogens with two attached hydrogens (primary N) is 1. The number of benzene rings is 1. The summed E-state index contributed by atoms with van der Waals surface area (Å²) in [5.41, 5.74) is 6.41. The van der Waals surface area contributed by atoms with Gasteiger partial charge in [0.1, 0.15) is 6.04 Å². The monoisotopic (exact) mass is 261 g/mol. The molecule has 3 N–H and O–H groups in total. The topological polar surface area (TPSA) is 81.8 Å². The minimum atomic E-state index is -0.709. The number of aromatic hydroxyl groups is 1. The molecule has 5 nitrogen and oxygen atoms in total. The van der Waals surface area contributed by atoms with Crippen molar-refractivity contribution in [1.82, 2.24) is 0 Å². The van der Waals surface area contributed by atoms with Crippen LogP contribution in [0.5, 0.6) is 11.5 Å². The Morgan fingerprint density at radius 3 is 2.65 bits per heavy atom. The van der Waals surface area contributed by atoms with E-state index < -0.39 is 12.0 Å². The largest absolute Gasteiger partial charge is 0.504 e. The fourth-order valence-corrected chi connectivity index (χ4v) is 1.34. The zero-order chi connectivity index (χ0) is 12.1. The molecule has 0 aromatic heterocycles. The number of carbonyl (C=O) groups excluding carboxylic acids is 1. The predicted molar refractivity (Wildman–Crippen MR) is 65.6 cm³/mol. The van der Waals surface area contributed by atoms with Gasteiger partial charge in [0, 0.05) is 0 Å². The van der Waals surface area contributed by atoms with Crippen LogP contribution in [0, 0.1) is 0 Å². The molecule has 1 aromatic rings. The Labute approximate surface area is 106 Å². The summed E-state index contributed by atoms with van der Waals surface area (Å²) in [7, 11) is 2.75. The second kappa shape index (κ2) is 6.98. The van der Waals surface area contributed by atoms with Gasteiger partial charge in [-0.25, -0.2) is 0 Å². The van der Waals surface area contributed by atoms with E-state index in [0.717, 1.165) is 5.56 Å². The van der Waals surface area contributed by atoms with Crippen LogP contribution in [0.3, 0.4) is 0 Å². The number of esters is 1. The summed E-state index contributed by atoms with van der Waals surface area (Å²) in [6, 6.07) is 4.11. The van der Waals surface area contributed by atoms with Crippen LogP contribution < -0.4 is 10.5 Å². The molecule has 0 bridgehead atoms.